The Bertz CT molecular complexity index is 916. The van der Waals surface area contributed by atoms with Crippen LogP contribution in [0.2, 0.25) is 0 Å². The molecule has 1 amide bonds. The van der Waals surface area contributed by atoms with Gasteiger partial charge in [-0.05, 0) is 49.4 Å². The van der Waals surface area contributed by atoms with Crippen molar-refractivity contribution in [2.75, 3.05) is 41.0 Å². The molecule has 2 unspecified atom stereocenters. The Morgan fingerprint density at radius 3 is 2.27 bits per heavy atom. The highest BCUT2D eigenvalue weighted by molar-refractivity contribution is 7.81. The summed E-state index contributed by atoms with van der Waals surface area (Å²) >= 11 is 4.58. The molecule has 160 valence electrons. The quantitative estimate of drug-likeness (QED) is 0.737. The lowest BCUT2D eigenvalue weighted by Crippen LogP contribution is -2.37. The number of nitrogens with zero attached hydrogens (tertiary/aromatic N) is 3. The zero-order valence-corrected chi connectivity index (χ0v) is 17.2. The van der Waals surface area contributed by atoms with E-state index < -0.39 is 23.3 Å². The molecule has 0 N–H and O–H groups in total. The van der Waals surface area contributed by atoms with E-state index in [0.717, 1.165) is 36.6 Å². The van der Waals surface area contributed by atoms with Crippen molar-refractivity contribution in [3.05, 3.63) is 54.1 Å². The van der Waals surface area contributed by atoms with Crippen LogP contribution in [0.4, 0.5) is 30.2 Å². The maximum Gasteiger partial charge on any atom is 0.416 e. The van der Waals surface area contributed by atoms with Gasteiger partial charge in [0.2, 0.25) is 0 Å². The van der Waals surface area contributed by atoms with Gasteiger partial charge in [-0.2, -0.15) is 13.2 Å². The molecular formula is C21H22F3N3O2S. The van der Waals surface area contributed by atoms with Gasteiger partial charge >= 0.3 is 6.18 Å². The molecule has 2 heterocycles. The summed E-state index contributed by atoms with van der Waals surface area (Å²) in [6.07, 6.45) is -4.48. The Balaban J connectivity index is 1.59. The van der Waals surface area contributed by atoms with Gasteiger partial charge in [0.25, 0.3) is 5.91 Å². The third kappa shape index (κ3) is 3.83. The Morgan fingerprint density at radius 2 is 1.63 bits per heavy atom. The lowest BCUT2D eigenvalue weighted by atomic mass is 10.2. The smallest absolute Gasteiger partial charge is 0.378 e. The van der Waals surface area contributed by atoms with Crippen LogP contribution >= 0.6 is 12.6 Å². The first kappa shape index (κ1) is 20.9. The van der Waals surface area contributed by atoms with E-state index in [0.29, 0.717) is 13.2 Å². The molecule has 2 saturated heterocycles. The Morgan fingerprint density at radius 1 is 1.00 bits per heavy atom. The molecular weight excluding hydrogens is 415 g/mol. The summed E-state index contributed by atoms with van der Waals surface area (Å²) in [5.41, 5.74) is 0.502. The molecule has 2 fully saturated rings. The van der Waals surface area contributed by atoms with E-state index in [4.69, 9.17) is 4.74 Å². The van der Waals surface area contributed by atoms with Crippen molar-refractivity contribution in [1.82, 2.24) is 0 Å². The highest BCUT2D eigenvalue weighted by Gasteiger charge is 2.43. The van der Waals surface area contributed by atoms with Crippen LogP contribution in [0.25, 0.3) is 0 Å². The molecule has 2 atom stereocenters. The molecule has 2 aromatic rings. The number of halogens is 3. The minimum atomic E-state index is -4.48. The lowest BCUT2D eigenvalue weighted by Gasteiger charge is -2.31. The van der Waals surface area contributed by atoms with Crippen molar-refractivity contribution in [3.8, 4) is 0 Å². The first-order chi connectivity index (χ1) is 14.3. The fourth-order valence-corrected chi connectivity index (χ4v) is 4.45. The van der Waals surface area contributed by atoms with Gasteiger partial charge in [-0.3, -0.25) is 9.69 Å². The summed E-state index contributed by atoms with van der Waals surface area (Å²) in [7, 11) is 0. The number of amides is 1. The van der Waals surface area contributed by atoms with Gasteiger partial charge < -0.3 is 14.5 Å². The molecule has 2 aromatic carbocycles. The second-order valence-corrected chi connectivity index (χ2v) is 7.76. The molecule has 9 heteroatoms. The maximum atomic E-state index is 13.1. The van der Waals surface area contributed by atoms with Crippen molar-refractivity contribution >= 4 is 35.6 Å². The number of morpholine rings is 1. The molecule has 0 aliphatic carbocycles. The third-order valence-corrected chi connectivity index (χ3v) is 5.95. The van der Waals surface area contributed by atoms with Crippen LogP contribution in [0.3, 0.4) is 0 Å². The predicted octanol–water partition coefficient (Wildman–Crippen LogP) is 4.00. The number of carbonyl (C=O) groups excluding carboxylic acids is 1. The predicted molar refractivity (Wildman–Crippen MR) is 113 cm³/mol. The van der Waals surface area contributed by atoms with Crippen molar-refractivity contribution in [3.63, 3.8) is 0 Å². The summed E-state index contributed by atoms with van der Waals surface area (Å²) in [6, 6.07) is 12.0. The van der Waals surface area contributed by atoms with Gasteiger partial charge in [-0.1, -0.05) is 6.07 Å². The van der Waals surface area contributed by atoms with Crippen molar-refractivity contribution in [2.24, 2.45) is 0 Å². The van der Waals surface area contributed by atoms with E-state index >= 15 is 0 Å². The van der Waals surface area contributed by atoms with Gasteiger partial charge in [-0.15, -0.1) is 12.6 Å². The lowest BCUT2D eigenvalue weighted by molar-refractivity contribution is -0.137. The number of carbonyl (C=O) groups is 1. The summed E-state index contributed by atoms with van der Waals surface area (Å²) < 4.78 is 44.7. The van der Waals surface area contributed by atoms with Gasteiger partial charge in [0, 0.05) is 30.2 Å². The SMILES string of the molecule is CC1C(=O)N(c2cccc(C(F)(F)F)c2)C(S)N1c1ccc(N2CCOCC2)cc1. The third-order valence-electron chi connectivity index (χ3n) is 5.47. The fourth-order valence-electron chi connectivity index (χ4n) is 3.87. The monoisotopic (exact) mass is 437 g/mol. The number of anilines is 3. The second kappa shape index (κ2) is 8.03. The highest BCUT2D eigenvalue weighted by Crippen LogP contribution is 2.37. The van der Waals surface area contributed by atoms with Crippen LogP contribution in [-0.2, 0) is 15.7 Å². The molecule has 5 nitrogen and oxygen atoms in total. The summed E-state index contributed by atoms with van der Waals surface area (Å²) in [4.78, 5) is 18.2. The topological polar surface area (TPSA) is 36.0 Å². The molecule has 0 saturated carbocycles. The van der Waals surface area contributed by atoms with Crippen molar-refractivity contribution < 1.29 is 22.7 Å². The second-order valence-electron chi connectivity index (χ2n) is 7.30. The average molecular weight is 437 g/mol. The largest absolute Gasteiger partial charge is 0.416 e. The van der Waals surface area contributed by atoms with E-state index in [1.54, 1.807) is 11.8 Å². The van der Waals surface area contributed by atoms with Gasteiger partial charge in [0.05, 0.1) is 18.8 Å². The van der Waals surface area contributed by atoms with Crippen LogP contribution in [0, 0.1) is 0 Å². The number of ether oxygens (including phenoxy) is 1. The minimum absolute atomic E-state index is 0.175. The number of thiol groups is 1. The Kier molecular flexibility index (Phi) is 5.59. The Hall–Kier alpha value is -2.39. The van der Waals surface area contributed by atoms with Gasteiger partial charge in [-0.25, -0.2) is 0 Å². The van der Waals surface area contributed by atoms with Crippen LogP contribution in [0.1, 0.15) is 12.5 Å². The first-order valence-corrected chi connectivity index (χ1v) is 10.2. The van der Waals surface area contributed by atoms with Crippen LogP contribution in [0.5, 0.6) is 0 Å². The first-order valence-electron chi connectivity index (χ1n) is 9.67. The molecule has 0 spiro atoms. The number of rotatable bonds is 3. The normalized spacial score (nSPS) is 22.7. The molecule has 0 radical (unpaired) electrons. The standard InChI is InChI=1S/C21H22F3N3O2S/c1-14-19(28)27(18-4-2-3-15(13-18)21(22,23)24)20(30)26(14)17-7-5-16(6-8-17)25-9-11-29-12-10-25/h2-8,13-14,20,30H,9-12H2,1H3. The number of benzene rings is 2. The summed E-state index contributed by atoms with van der Waals surface area (Å²) in [5.74, 6) is -0.299. The maximum absolute atomic E-state index is 13.1. The van der Waals surface area contributed by atoms with Gasteiger partial charge in [0.1, 0.15) is 6.04 Å². The van der Waals surface area contributed by atoms with E-state index in [-0.39, 0.29) is 11.6 Å². The fraction of sp³-hybridized carbons (Fsp3) is 0.381. The molecule has 30 heavy (non-hydrogen) atoms. The van der Waals surface area contributed by atoms with E-state index in [9.17, 15) is 18.0 Å². The number of hydrogen-bond donors (Lipinski definition) is 1. The molecule has 2 aliphatic heterocycles. The average Bonchev–Trinajstić information content (AvgIpc) is 2.96. The zero-order valence-electron chi connectivity index (χ0n) is 16.3. The molecule has 4 rings (SSSR count). The van der Waals surface area contributed by atoms with E-state index in [2.05, 4.69) is 17.5 Å². The molecule has 2 aliphatic rings. The van der Waals surface area contributed by atoms with E-state index in [1.165, 1.54) is 17.0 Å². The van der Waals surface area contributed by atoms with Crippen LogP contribution in [0.15, 0.2) is 48.5 Å². The van der Waals surface area contributed by atoms with Crippen LogP contribution in [-0.4, -0.2) is 43.8 Å². The van der Waals surface area contributed by atoms with Crippen molar-refractivity contribution in [2.45, 2.75) is 24.6 Å². The minimum Gasteiger partial charge on any atom is -0.378 e. The van der Waals surface area contributed by atoms with Crippen LogP contribution < -0.4 is 14.7 Å². The van der Waals surface area contributed by atoms with Crippen molar-refractivity contribution in [1.29, 1.82) is 0 Å². The molecule has 0 aromatic heterocycles. The number of hydrogen-bond acceptors (Lipinski definition) is 5. The van der Waals surface area contributed by atoms with E-state index in [1.807, 2.05) is 24.3 Å². The highest BCUT2D eigenvalue weighted by atomic mass is 32.1. The Labute approximate surface area is 178 Å². The molecule has 0 bridgehead atoms. The zero-order chi connectivity index (χ0) is 21.5. The summed E-state index contributed by atoms with van der Waals surface area (Å²) in [6.45, 7) is 4.73. The number of alkyl halides is 3. The van der Waals surface area contributed by atoms with Gasteiger partial charge in [0.15, 0.2) is 5.50 Å². The summed E-state index contributed by atoms with van der Waals surface area (Å²) in [5, 5.41) is 0.